The third-order valence-electron chi connectivity index (χ3n) is 8.19. The molecule has 3 fully saturated rings. The van der Waals surface area contributed by atoms with Gasteiger partial charge in [-0.25, -0.2) is 0 Å². The van der Waals surface area contributed by atoms with Gasteiger partial charge in [0.15, 0.2) is 0 Å². The molecule has 3 saturated carbocycles. The summed E-state index contributed by atoms with van der Waals surface area (Å²) in [5.41, 5.74) is 0.463. The Balaban J connectivity index is 1.69. The second-order valence-electron chi connectivity index (χ2n) is 10.4. The Labute approximate surface area is 192 Å². The maximum Gasteiger partial charge on any atom is 0.0811 e. The fraction of sp³-hybridized carbons (Fsp3) is 0.778. The van der Waals surface area contributed by atoms with Crippen LogP contribution in [0.5, 0.6) is 0 Å². The van der Waals surface area contributed by atoms with Crippen molar-refractivity contribution in [1.29, 1.82) is 0 Å². The monoisotopic (exact) mass is 422 g/mol. The first kappa shape index (κ1) is 16.7. The Hall–Kier alpha value is -0.900. The van der Waals surface area contributed by atoms with Gasteiger partial charge in [-0.15, -0.1) is 0 Å². The molecule has 0 heterocycles. The fourth-order valence-corrected chi connectivity index (χ4v) is 6.56. The lowest BCUT2D eigenvalue weighted by Gasteiger charge is -2.44. The van der Waals surface area contributed by atoms with Crippen molar-refractivity contribution < 1.29 is 23.5 Å². The minimum absolute atomic E-state index is 0.120. The van der Waals surface area contributed by atoms with Crippen molar-refractivity contribution in [2.75, 3.05) is 0 Å². The van der Waals surface area contributed by atoms with E-state index < -0.39 is 31.5 Å². The normalized spacial score (nSPS) is 42.6. The molecule has 3 aliphatic rings. The standard InChI is InChI=1S/C27H44O3/c1-18(8-6-14-26(3,4)30)23-12-13-24-20(9-7-15-27(23,24)5)10-11-21-16-22(28)17-25(29)19(21)2/h10-11,18,22-25,28-30H,2,6-9,12-17H2,1,3-5H3/t18-,22-,23+,24-,25+,27-/m1/s1/i3D3,4D3. The Kier molecular flexibility index (Phi) is 5.18. The molecule has 0 amide bonds. The highest BCUT2D eigenvalue weighted by Gasteiger charge is 2.50. The molecule has 0 saturated heterocycles. The quantitative estimate of drug-likeness (QED) is 0.514. The molecule has 3 N–H and O–H groups in total. The zero-order valence-corrected chi connectivity index (χ0v) is 18.7. The average Bonchev–Trinajstić information content (AvgIpc) is 3.11. The summed E-state index contributed by atoms with van der Waals surface area (Å²) in [6.45, 7) is 2.64. The van der Waals surface area contributed by atoms with Gasteiger partial charge in [0.1, 0.15) is 0 Å². The molecule has 3 rings (SSSR count). The molecule has 0 radical (unpaired) electrons. The minimum Gasteiger partial charge on any atom is -0.393 e. The van der Waals surface area contributed by atoms with E-state index in [4.69, 9.17) is 8.22 Å². The SMILES string of the molecule is [2H]C([2H])([2H])C(O)(CCC[C@@H](C)[C@@H]1CC[C@@H]2C(=CC=C3C[C@@H](O)C[C@H](O)C3=C)CCC[C@@]21C)C([2H])([2H])[2H]. The van der Waals surface area contributed by atoms with Crippen molar-refractivity contribution in [3.63, 3.8) is 0 Å². The zero-order valence-electron chi connectivity index (χ0n) is 24.7. The van der Waals surface area contributed by atoms with E-state index >= 15 is 0 Å². The van der Waals surface area contributed by atoms with Crippen LogP contribution in [-0.2, 0) is 0 Å². The molecule has 170 valence electrons. The maximum absolute atomic E-state index is 10.6. The summed E-state index contributed by atoms with van der Waals surface area (Å²) in [5, 5.41) is 30.8. The van der Waals surface area contributed by atoms with Gasteiger partial charge in [0, 0.05) is 14.6 Å². The van der Waals surface area contributed by atoms with E-state index in [9.17, 15) is 15.3 Å². The highest BCUT2D eigenvalue weighted by atomic mass is 16.3. The molecule has 0 bridgehead atoms. The summed E-state index contributed by atoms with van der Waals surface area (Å²) in [7, 11) is 0. The van der Waals surface area contributed by atoms with Gasteiger partial charge in [0.25, 0.3) is 0 Å². The summed E-state index contributed by atoms with van der Waals surface area (Å²) in [5.74, 6) is 1.18. The fourth-order valence-electron chi connectivity index (χ4n) is 6.56. The number of hydrogen-bond donors (Lipinski definition) is 3. The van der Waals surface area contributed by atoms with Gasteiger partial charge in [-0.3, -0.25) is 0 Å². The second kappa shape index (κ2) is 9.30. The van der Waals surface area contributed by atoms with Gasteiger partial charge in [-0.05, 0) is 93.0 Å². The number of hydrogen-bond acceptors (Lipinski definition) is 3. The Morgan fingerprint density at radius 1 is 1.30 bits per heavy atom. The summed E-state index contributed by atoms with van der Waals surface area (Å²) in [4.78, 5) is 0. The van der Waals surface area contributed by atoms with Gasteiger partial charge < -0.3 is 15.3 Å². The van der Waals surface area contributed by atoms with E-state index in [1.807, 2.05) is 6.08 Å². The van der Waals surface area contributed by atoms with E-state index in [1.54, 1.807) is 0 Å². The highest BCUT2D eigenvalue weighted by molar-refractivity contribution is 5.38. The first-order chi connectivity index (χ1) is 16.5. The van der Waals surface area contributed by atoms with E-state index in [-0.39, 0.29) is 11.8 Å². The second-order valence-corrected chi connectivity index (χ2v) is 10.4. The molecule has 6 atom stereocenters. The van der Waals surface area contributed by atoms with Crippen molar-refractivity contribution in [1.82, 2.24) is 0 Å². The summed E-state index contributed by atoms with van der Waals surface area (Å²) in [6.07, 6.45) is 10.0. The molecular weight excluding hydrogens is 372 g/mol. The van der Waals surface area contributed by atoms with Crippen molar-refractivity contribution >= 4 is 0 Å². The zero-order chi connectivity index (χ0) is 27.1. The van der Waals surface area contributed by atoms with E-state index in [0.29, 0.717) is 49.0 Å². The van der Waals surface area contributed by atoms with Crippen molar-refractivity contribution in [3.8, 4) is 0 Å². The third-order valence-corrected chi connectivity index (χ3v) is 8.19. The molecule has 3 heteroatoms. The summed E-state index contributed by atoms with van der Waals surface area (Å²) >= 11 is 0. The Morgan fingerprint density at radius 2 is 2.07 bits per heavy atom. The van der Waals surface area contributed by atoms with Crippen molar-refractivity contribution in [3.05, 3.63) is 35.5 Å². The Bertz CT molecular complexity index is 860. The van der Waals surface area contributed by atoms with E-state index in [0.717, 1.165) is 37.7 Å². The van der Waals surface area contributed by atoms with Gasteiger partial charge in [0.05, 0.1) is 17.8 Å². The lowest BCUT2D eigenvalue weighted by Crippen LogP contribution is -2.36. The van der Waals surface area contributed by atoms with Crippen molar-refractivity contribution in [2.24, 2.45) is 23.2 Å². The van der Waals surface area contributed by atoms with Crippen LogP contribution in [0.1, 0.15) is 100.0 Å². The lowest BCUT2D eigenvalue weighted by molar-refractivity contribution is 0.0596. The van der Waals surface area contributed by atoms with Gasteiger partial charge in [-0.2, -0.15) is 0 Å². The summed E-state index contributed by atoms with van der Waals surface area (Å²) < 4.78 is 45.6. The lowest BCUT2D eigenvalue weighted by atomic mass is 9.60. The number of rotatable bonds is 6. The molecule has 0 unspecified atom stereocenters. The molecule has 0 aromatic heterocycles. The van der Waals surface area contributed by atoms with Crippen molar-refractivity contribution in [2.45, 2.75) is 110 Å². The molecule has 3 nitrogen and oxygen atoms in total. The highest BCUT2D eigenvalue weighted by Crippen LogP contribution is 2.60. The van der Waals surface area contributed by atoms with Crippen LogP contribution < -0.4 is 0 Å². The molecule has 3 aliphatic carbocycles. The van der Waals surface area contributed by atoms with Gasteiger partial charge >= 0.3 is 0 Å². The maximum atomic E-state index is 10.6. The molecule has 0 aliphatic heterocycles. The average molecular weight is 423 g/mol. The van der Waals surface area contributed by atoms with Crippen LogP contribution in [-0.4, -0.2) is 33.1 Å². The topological polar surface area (TPSA) is 60.7 Å². The predicted molar refractivity (Wildman–Crippen MR) is 124 cm³/mol. The molecule has 0 spiro atoms. The molecule has 0 aromatic carbocycles. The van der Waals surface area contributed by atoms with Gasteiger partial charge in [0.2, 0.25) is 0 Å². The first-order valence-corrected chi connectivity index (χ1v) is 11.7. The van der Waals surface area contributed by atoms with E-state index in [2.05, 4.69) is 26.5 Å². The number of fused-ring (bicyclic) bond motifs is 1. The van der Waals surface area contributed by atoms with Crippen LogP contribution in [0.25, 0.3) is 0 Å². The van der Waals surface area contributed by atoms with E-state index in [1.165, 1.54) is 5.57 Å². The Morgan fingerprint density at radius 3 is 2.80 bits per heavy atom. The van der Waals surface area contributed by atoms with Crippen LogP contribution in [0.15, 0.2) is 35.5 Å². The van der Waals surface area contributed by atoms with Crippen LogP contribution in [0.2, 0.25) is 0 Å². The first-order valence-electron chi connectivity index (χ1n) is 14.7. The number of aliphatic hydroxyl groups excluding tert-OH is 2. The number of aliphatic hydroxyl groups is 3. The minimum atomic E-state index is -2.96. The molecule has 0 aromatic rings. The van der Waals surface area contributed by atoms with Crippen LogP contribution in [0, 0.1) is 23.2 Å². The third kappa shape index (κ3) is 5.29. The number of allylic oxidation sites excluding steroid dienone is 3. The molecular formula is C27H44O3. The molecule has 30 heavy (non-hydrogen) atoms. The van der Waals surface area contributed by atoms with Crippen LogP contribution in [0.4, 0.5) is 0 Å². The van der Waals surface area contributed by atoms with Crippen LogP contribution >= 0.6 is 0 Å². The summed E-state index contributed by atoms with van der Waals surface area (Å²) in [6, 6.07) is 0. The van der Waals surface area contributed by atoms with Crippen LogP contribution in [0.3, 0.4) is 0 Å². The predicted octanol–water partition coefficient (Wildman–Crippen LogP) is 5.70. The smallest absolute Gasteiger partial charge is 0.0811 e. The largest absolute Gasteiger partial charge is 0.393 e. The van der Waals surface area contributed by atoms with Gasteiger partial charge in [-0.1, -0.05) is 51.0 Å².